The highest BCUT2D eigenvalue weighted by Crippen LogP contribution is 2.31. The van der Waals surface area contributed by atoms with Crippen molar-refractivity contribution in [1.82, 2.24) is 19.7 Å². The number of hydrogen-bond donors (Lipinski definition) is 0. The van der Waals surface area contributed by atoms with Crippen molar-refractivity contribution in [2.75, 3.05) is 7.11 Å². The molecule has 5 nitrogen and oxygen atoms in total. The van der Waals surface area contributed by atoms with Gasteiger partial charge in [-0.3, -0.25) is 0 Å². The topological polar surface area (TPSA) is 52.8 Å². The van der Waals surface area contributed by atoms with Crippen LogP contribution in [0.15, 0.2) is 0 Å². The highest BCUT2D eigenvalue weighted by atomic mass is 35.5. The van der Waals surface area contributed by atoms with Gasteiger partial charge >= 0.3 is 0 Å². The predicted octanol–water partition coefficient (Wildman–Crippen LogP) is 2.46. The van der Waals surface area contributed by atoms with Gasteiger partial charge in [0.05, 0.1) is 12.8 Å². The second-order valence-electron chi connectivity index (χ2n) is 4.14. The fourth-order valence-electron chi connectivity index (χ4n) is 1.83. The van der Waals surface area contributed by atoms with Crippen molar-refractivity contribution >= 4 is 11.6 Å². The van der Waals surface area contributed by atoms with E-state index in [1.165, 1.54) is 0 Å². The Balaban J connectivity index is 2.69. The minimum Gasteiger partial charge on any atom is -0.481 e. The summed E-state index contributed by atoms with van der Waals surface area (Å²) in [6, 6.07) is 0. The van der Waals surface area contributed by atoms with Crippen LogP contribution in [0.2, 0.25) is 5.15 Å². The summed E-state index contributed by atoms with van der Waals surface area (Å²) in [4.78, 5) is 8.77. The van der Waals surface area contributed by atoms with E-state index in [9.17, 15) is 0 Å². The minimum absolute atomic E-state index is 0.461. The highest BCUT2D eigenvalue weighted by Gasteiger charge is 2.19. The van der Waals surface area contributed by atoms with E-state index in [0.29, 0.717) is 16.9 Å². The first-order valence-corrected chi connectivity index (χ1v) is 5.92. The Hall–Kier alpha value is -1.62. The zero-order valence-electron chi connectivity index (χ0n) is 11.1. The second-order valence-corrected chi connectivity index (χ2v) is 4.50. The Kier molecular flexibility index (Phi) is 3.26. The summed E-state index contributed by atoms with van der Waals surface area (Å²) in [5.74, 6) is 1.18. The fourth-order valence-corrected chi connectivity index (χ4v) is 2.05. The molecular formula is C12H15ClN4O. The number of aromatic nitrogens is 4. The molecule has 0 aromatic carbocycles. The molecule has 0 aliphatic carbocycles. The van der Waals surface area contributed by atoms with Crippen molar-refractivity contribution in [3.63, 3.8) is 0 Å². The third-order valence-corrected chi connectivity index (χ3v) is 3.28. The van der Waals surface area contributed by atoms with Gasteiger partial charge in [0.15, 0.2) is 5.82 Å². The lowest BCUT2D eigenvalue weighted by atomic mass is 10.2. The predicted molar refractivity (Wildman–Crippen MR) is 70.0 cm³/mol. The molecule has 0 aliphatic rings. The molecule has 0 unspecified atom stereocenters. The quantitative estimate of drug-likeness (QED) is 0.784. The summed E-state index contributed by atoms with van der Waals surface area (Å²) in [5, 5.41) is 4.77. The summed E-state index contributed by atoms with van der Waals surface area (Å²) in [5.41, 5.74) is 3.34. The molecule has 0 fully saturated rings. The molecule has 6 heteroatoms. The van der Waals surface area contributed by atoms with E-state index in [2.05, 4.69) is 15.1 Å². The lowest BCUT2D eigenvalue weighted by molar-refractivity contribution is 0.374. The van der Waals surface area contributed by atoms with E-state index in [1.54, 1.807) is 11.8 Å². The van der Waals surface area contributed by atoms with Crippen LogP contribution in [0.5, 0.6) is 5.88 Å². The minimum atomic E-state index is 0.461. The lowest BCUT2D eigenvalue weighted by Gasteiger charge is -2.07. The zero-order valence-corrected chi connectivity index (χ0v) is 11.8. The Morgan fingerprint density at radius 1 is 1.11 bits per heavy atom. The maximum atomic E-state index is 6.10. The van der Waals surface area contributed by atoms with Crippen LogP contribution in [0.3, 0.4) is 0 Å². The average molecular weight is 267 g/mol. The fraction of sp³-hybridized carbons (Fsp3) is 0.417. The van der Waals surface area contributed by atoms with Crippen LogP contribution in [0.4, 0.5) is 0 Å². The average Bonchev–Trinajstić information content (AvgIpc) is 2.59. The maximum absolute atomic E-state index is 6.10. The monoisotopic (exact) mass is 266 g/mol. The van der Waals surface area contributed by atoms with Crippen LogP contribution in [0.1, 0.15) is 17.0 Å². The van der Waals surface area contributed by atoms with Crippen molar-refractivity contribution in [1.29, 1.82) is 0 Å². The van der Waals surface area contributed by atoms with Gasteiger partial charge in [-0.15, -0.1) is 0 Å². The largest absolute Gasteiger partial charge is 0.481 e. The van der Waals surface area contributed by atoms with Crippen molar-refractivity contribution in [2.45, 2.75) is 20.8 Å². The summed E-state index contributed by atoms with van der Waals surface area (Å²) in [6.07, 6.45) is 0. The van der Waals surface area contributed by atoms with Crippen LogP contribution in [0.25, 0.3) is 11.4 Å². The molecular weight excluding hydrogens is 252 g/mol. The second kappa shape index (κ2) is 4.57. The molecule has 2 heterocycles. The normalized spacial score (nSPS) is 10.8. The van der Waals surface area contributed by atoms with Crippen LogP contribution >= 0.6 is 11.6 Å². The van der Waals surface area contributed by atoms with Gasteiger partial charge in [-0.05, 0) is 20.8 Å². The van der Waals surface area contributed by atoms with Crippen LogP contribution in [-0.2, 0) is 7.05 Å². The van der Waals surface area contributed by atoms with E-state index in [4.69, 9.17) is 16.3 Å². The van der Waals surface area contributed by atoms with E-state index < -0.39 is 0 Å². The van der Waals surface area contributed by atoms with Gasteiger partial charge in [0.2, 0.25) is 5.88 Å². The molecule has 0 bridgehead atoms. The van der Waals surface area contributed by atoms with E-state index in [0.717, 1.165) is 22.5 Å². The lowest BCUT2D eigenvalue weighted by Crippen LogP contribution is -1.99. The molecule has 0 amide bonds. The number of hydrogen-bond acceptors (Lipinski definition) is 4. The molecule has 2 aromatic heterocycles. The molecule has 0 saturated carbocycles. The Bertz CT molecular complexity index is 583. The van der Waals surface area contributed by atoms with Gasteiger partial charge in [-0.2, -0.15) is 5.10 Å². The summed E-state index contributed by atoms with van der Waals surface area (Å²) in [7, 11) is 3.42. The number of aryl methyl sites for hydroxylation is 3. The van der Waals surface area contributed by atoms with Crippen molar-refractivity contribution in [3.8, 4) is 17.3 Å². The molecule has 2 aromatic rings. The van der Waals surface area contributed by atoms with Crippen molar-refractivity contribution in [2.24, 2.45) is 7.05 Å². The number of nitrogens with zero attached hydrogens (tertiary/aromatic N) is 4. The number of halogens is 1. The molecule has 96 valence electrons. The standard InChI is InChI=1S/C12H15ClN4O/c1-6-7(2)14-11(15-10(6)13)9-8(3)16-17(4)12(9)18-5/h1-5H3. The summed E-state index contributed by atoms with van der Waals surface area (Å²) < 4.78 is 7.00. The molecule has 0 radical (unpaired) electrons. The van der Waals surface area contributed by atoms with E-state index >= 15 is 0 Å². The molecule has 2 rings (SSSR count). The van der Waals surface area contributed by atoms with Crippen molar-refractivity contribution in [3.05, 3.63) is 22.1 Å². The van der Waals surface area contributed by atoms with Gasteiger partial charge < -0.3 is 4.74 Å². The first-order valence-electron chi connectivity index (χ1n) is 5.54. The smallest absolute Gasteiger partial charge is 0.222 e. The number of methoxy groups -OCH3 is 1. The summed E-state index contributed by atoms with van der Waals surface area (Å²) in [6.45, 7) is 5.70. The summed E-state index contributed by atoms with van der Waals surface area (Å²) >= 11 is 6.10. The molecule has 0 atom stereocenters. The van der Waals surface area contributed by atoms with Gasteiger partial charge in [0.1, 0.15) is 10.7 Å². The SMILES string of the molecule is COc1c(-c2nc(C)c(C)c(Cl)n2)c(C)nn1C. The van der Waals surface area contributed by atoms with Gasteiger partial charge in [-0.1, -0.05) is 11.6 Å². The molecule has 0 saturated heterocycles. The van der Waals surface area contributed by atoms with Crippen LogP contribution in [-0.4, -0.2) is 26.9 Å². The van der Waals surface area contributed by atoms with E-state index in [1.807, 2.05) is 27.8 Å². The highest BCUT2D eigenvalue weighted by molar-refractivity contribution is 6.30. The Morgan fingerprint density at radius 3 is 2.33 bits per heavy atom. The third kappa shape index (κ3) is 1.95. The maximum Gasteiger partial charge on any atom is 0.222 e. The third-order valence-electron chi connectivity index (χ3n) is 2.92. The first kappa shape index (κ1) is 12.8. The van der Waals surface area contributed by atoms with Gasteiger partial charge in [-0.25, -0.2) is 14.6 Å². The molecule has 0 aliphatic heterocycles. The molecule has 0 spiro atoms. The van der Waals surface area contributed by atoms with Gasteiger partial charge in [0.25, 0.3) is 0 Å². The Labute approximate surface area is 111 Å². The Morgan fingerprint density at radius 2 is 1.78 bits per heavy atom. The van der Waals surface area contributed by atoms with Crippen LogP contribution in [0, 0.1) is 20.8 Å². The van der Waals surface area contributed by atoms with Crippen LogP contribution < -0.4 is 4.74 Å². The number of ether oxygens (including phenoxy) is 1. The number of rotatable bonds is 2. The van der Waals surface area contributed by atoms with Gasteiger partial charge in [0, 0.05) is 18.3 Å². The molecule has 18 heavy (non-hydrogen) atoms. The zero-order chi connectivity index (χ0) is 13.4. The molecule has 0 N–H and O–H groups in total. The first-order chi connectivity index (χ1) is 8.45. The van der Waals surface area contributed by atoms with Crippen molar-refractivity contribution < 1.29 is 4.74 Å². The van der Waals surface area contributed by atoms with E-state index in [-0.39, 0.29) is 0 Å².